The third-order valence-corrected chi connectivity index (χ3v) is 5.34. The number of hydrogen-bond donors (Lipinski definition) is 1. The van der Waals surface area contributed by atoms with Crippen molar-refractivity contribution in [1.29, 1.82) is 0 Å². The SMILES string of the molecule is COc1ccc([Te]c2ccccc2N)cc1. The van der Waals surface area contributed by atoms with Crippen molar-refractivity contribution in [1.82, 2.24) is 0 Å². The number of methoxy groups -OCH3 is 1. The average molecular weight is 327 g/mol. The van der Waals surface area contributed by atoms with E-state index in [0.29, 0.717) is 0 Å². The van der Waals surface area contributed by atoms with Crippen LogP contribution in [0.25, 0.3) is 0 Å². The van der Waals surface area contributed by atoms with Crippen molar-refractivity contribution in [2.75, 3.05) is 12.8 Å². The predicted molar refractivity (Wildman–Crippen MR) is 68.9 cm³/mol. The van der Waals surface area contributed by atoms with Crippen molar-refractivity contribution >= 4 is 33.8 Å². The van der Waals surface area contributed by atoms with Crippen molar-refractivity contribution in [3.05, 3.63) is 48.5 Å². The van der Waals surface area contributed by atoms with Crippen LogP contribution < -0.4 is 17.7 Å². The first-order valence-corrected chi connectivity index (χ1v) is 7.29. The molecule has 0 atom stereocenters. The summed E-state index contributed by atoms with van der Waals surface area (Å²) in [5.41, 5.74) is 6.84. The quantitative estimate of drug-likeness (QED) is 0.673. The second-order valence-electron chi connectivity index (χ2n) is 3.32. The van der Waals surface area contributed by atoms with Gasteiger partial charge in [-0.25, -0.2) is 0 Å². The molecule has 2 aromatic rings. The van der Waals surface area contributed by atoms with Crippen molar-refractivity contribution < 1.29 is 4.74 Å². The molecule has 0 aromatic heterocycles. The summed E-state index contributed by atoms with van der Waals surface area (Å²) in [7, 11) is 1.68. The van der Waals surface area contributed by atoms with Gasteiger partial charge in [-0.3, -0.25) is 0 Å². The van der Waals surface area contributed by atoms with Gasteiger partial charge in [0, 0.05) is 0 Å². The van der Waals surface area contributed by atoms with E-state index in [1.165, 1.54) is 7.22 Å². The summed E-state index contributed by atoms with van der Waals surface area (Å²) in [6.07, 6.45) is 0. The minimum absolute atomic E-state index is 0.382. The molecule has 16 heavy (non-hydrogen) atoms. The van der Waals surface area contributed by atoms with Crippen LogP contribution in [0.1, 0.15) is 0 Å². The fourth-order valence-electron chi connectivity index (χ4n) is 1.34. The normalized spacial score (nSPS) is 10.1. The first-order chi connectivity index (χ1) is 7.79. The predicted octanol–water partition coefficient (Wildman–Crippen LogP) is 0.932. The van der Waals surface area contributed by atoms with E-state index in [-0.39, 0.29) is 20.9 Å². The number of ether oxygens (including phenoxy) is 1. The Morgan fingerprint density at radius 2 is 1.69 bits per heavy atom. The molecule has 0 amide bonds. The van der Waals surface area contributed by atoms with Crippen LogP contribution in [0.3, 0.4) is 0 Å². The Morgan fingerprint density at radius 3 is 2.31 bits per heavy atom. The van der Waals surface area contributed by atoms with E-state index in [2.05, 4.69) is 18.2 Å². The molecule has 2 nitrogen and oxygen atoms in total. The number of hydrogen-bond acceptors (Lipinski definition) is 2. The van der Waals surface area contributed by atoms with E-state index in [9.17, 15) is 0 Å². The van der Waals surface area contributed by atoms with E-state index in [1.807, 2.05) is 30.3 Å². The van der Waals surface area contributed by atoms with E-state index in [0.717, 1.165) is 11.4 Å². The van der Waals surface area contributed by atoms with Crippen molar-refractivity contribution in [3.63, 3.8) is 0 Å². The molecule has 0 saturated carbocycles. The summed E-state index contributed by atoms with van der Waals surface area (Å²) in [5, 5.41) is 0. The number of nitrogens with two attached hydrogens (primary N) is 1. The van der Waals surface area contributed by atoms with E-state index < -0.39 is 0 Å². The van der Waals surface area contributed by atoms with E-state index in [1.54, 1.807) is 7.11 Å². The molecule has 82 valence electrons. The van der Waals surface area contributed by atoms with Crippen LogP contribution in [0.4, 0.5) is 5.69 Å². The van der Waals surface area contributed by atoms with Crippen LogP contribution in [0.15, 0.2) is 48.5 Å². The van der Waals surface area contributed by atoms with E-state index >= 15 is 0 Å². The summed E-state index contributed by atoms with van der Waals surface area (Å²) >= 11 is -0.382. The third kappa shape index (κ3) is 2.69. The molecular formula is C13H13NOTe. The van der Waals surface area contributed by atoms with Gasteiger partial charge in [0.2, 0.25) is 0 Å². The summed E-state index contributed by atoms with van der Waals surface area (Å²) in [4.78, 5) is 0. The molecule has 0 heterocycles. The summed E-state index contributed by atoms with van der Waals surface area (Å²) < 4.78 is 7.79. The molecule has 2 aromatic carbocycles. The maximum atomic E-state index is 5.93. The van der Waals surface area contributed by atoms with Gasteiger partial charge in [-0.1, -0.05) is 0 Å². The fourth-order valence-corrected chi connectivity index (χ4v) is 3.79. The molecule has 0 unspecified atom stereocenters. The Morgan fingerprint density at radius 1 is 1.00 bits per heavy atom. The zero-order valence-corrected chi connectivity index (χ0v) is 11.3. The van der Waals surface area contributed by atoms with E-state index in [4.69, 9.17) is 10.5 Å². The fraction of sp³-hybridized carbons (Fsp3) is 0.0769. The van der Waals surface area contributed by atoms with Gasteiger partial charge in [0.1, 0.15) is 0 Å². The topological polar surface area (TPSA) is 35.2 Å². The molecule has 0 aliphatic carbocycles. The minimum atomic E-state index is -0.382. The van der Waals surface area contributed by atoms with Crippen LogP contribution in [0.5, 0.6) is 5.75 Å². The van der Waals surface area contributed by atoms with Crippen LogP contribution in [0.2, 0.25) is 0 Å². The molecule has 0 bridgehead atoms. The second-order valence-corrected chi connectivity index (χ2v) is 6.50. The molecule has 3 heteroatoms. The monoisotopic (exact) mass is 329 g/mol. The summed E-state index contributed by atoms with van der Waals surface area (Å²) in [5.74, 6) is 0.900. The molecule has 0 fully saturated rings. The van der Waals surface area contributed by atoms with Gasteiger partial charge in [0.05, 0.1) is 0 Å². The number of nitrogen functional groups attached to an aromatic ring is 1. The van der Waals surface area contributed by atoms with Crippen LogP contribution in [-0.4, -0.2) is 28.0 Å². The second kappa shape index (κ2) is 5.25. The Bertz CT molecular complexity index is 468. The van der Waals surface area contributed by atoms with Gasteiger partial charge in [-0.2, -0.15) is 0 Å². The molecule has 0 spiro atoms. The van der Waals surface area contributed by atoms with Crippen molar-refractivity contribution in [3.8, 4) is 5.75 Å². The summed E-state index contributed by atoms with van der Waals surface area (Å²) in [6.45, 7) is 0. The van der Waals surface area contributed by atoms with Gasteiger partial charge in [0.15, 0.2) is 0 Å². The van der Waals surface area contributed by atoms with Crippen LogP contribution >= 0.6 is 0 Å². The number of para-hydroxylation sites is 1. The Kier molecular flexibility index (Phi) is 3.71. The first-order valence-electron chi connectivity index (χ1n) is 4.96. The van der Waals surface area contributed by atoms with Crippen molar-refractivity contribution in [2.45, 2.75) is 0 Å². The summed E-state index contributed by atoms with van der Waals surface area (Å²) in [6, 6.07) is 16.3. The Labute approximate surface area is 106 Å². The third-order valence-electron chi connectivity index (χ3n) is 2.21. The van der Waals surface area contributed by atoms with Crippen LogP contribution in [0, 0.1) is 0 Å². The molecule has 0 aliphatic heterocycles. The molecule has 2 N–H and O–H groups in total. The van der Waals surface area contributed by atoms with Crippen molar-refractivity contribution in [2.24, 2.45) is 0 Å². The van der Waals surface area contributed by atoms with Gasteiger partial charge >= 0.3 is 106 Å². The molecule has 0 saturated heterocycles. The Hall–Kier alpha value is -1.17. The van der Waals surface area contributed by atoms with Gasteiger partial charge in [0.25, 0.3) is 0 Å². The first kappa shape index (κ1) is 11.3. The Balaban J connectivity index is 2.18. The average Bonchev–Trinajstić information content (AvgIpc) is 2.33. The zero-order chi connectivity index (χ0) is 11.4. The zero-order valence-electron chi connectivity index (χ0n) is 9.01. The van der Waals surface area contributed by atoms with Crippen LogP contribution in [-0.2, 0) is 0 Å². The molecule has 2 rings (SSSR count). The molecule has 0 radical (unpaired) electrons. The maximum absolute atomic E-state index is 5.93. The molecule has 0 aliphatic rings. The molecular weight excluding hydrogens is 314 g/mol. The number of benzene rings is 2. The standard InChI is InChI=1S/C13H13NOTe/c1-15-10-6-8-11(9-7-10)16-13-5-3-2-4-12(13)14/h2-9H,14H2,1H3. The number of rotatable bonds is 3. The van der Waals surface area contributed by atoms with Gasteiger partial charge in [-0.05, 0) is 0 Å². The number of anilines is 1. The van der Waals surface area contributed by atoms with Gasteiger partial charge < -0.3 is 0 Å². The van der Waals surface area contributed by atoms with Gasteiger partial charge in [-0.15, -0.1) is 0 Å².